The maximum absolute atomic E-state index is 13.3. The Morgan fingerprint density at radius 3 is 2.33 bits per heavy atom. The minimum Gasteiger partial charge on any atom is -0.444 e. The van der Waals surface area contributed by atoms with Crippen molar-refractivity contribution < 1.29 is 32.6 Å². The van der Waals surface area contributed by atoms with Crippen LogP contribution in [0.1, 0.15) is 109 Å². The van der Waals surface area contributed by atoms with Crippen LogP contribution in [0.3, 0.4) is 0 Å². The summed E-state index contributed by atoms with van der Waals surface area (Å²) in [5.41, 5.74) is 7.34. The predicted octanol–water partition coefficient (Wildman–Crippen LogP) is 10.3. The zero-order chi connectivity index (χ0) is 40.4. The molecule has 0 bridgehead atoms. The monoisotopic (exact) mass is 782 g/mol. The van der Waals surface area contributed by atoms with Crippen LogP contribution in [0.5, 0.6) is 0 Å². The molecule has 2 fully saturated rings. The topological polar surface area (TPSA) is 126 Å². The van der Waals surface area contributed by atoms with Crippen molar-refractivity contribution in [1.82, 2.24) is 29.7 Å². The van der Waals surface area contributed by atoms with E-state index in [2.05, 4.69) is 64.1 Å². The molecule has 2 aliphatic heterocycles. The molecule has 2 saturated heterocycles. The third-order valence-corrected chi connectivity index (χ3v) is 11.3. The van der Waals surface area contributed by atoms with E-state index in [-0.39, 0.29) is 37.2 Å². The first-order valence-corrected chi connectivity index (χ1v) is 20.1. The fourth-order valence-corrected chi connectivity index (χ4v) is 8.93. The van der Waals surface area contributed by atoms with E-state index >= 15 is 0 Å². The second kappa shape index (κ2) is 14.7. The number of amides is 2. The molecule has 8 rings (SSSR count). The number of fused-ring (bicyclic) bond motifs is 4. The van der Waals surface area contributed by atoms with E-state index in [1.54, 1.807) is 31.9 Å². The Bertz CT molecular complexity index is 2320. The van der Waals surface area contributed by atoms with Crippen LogP contribution in [0.15, 0.2) is 48.7 Å². The Hall–Kier alpha value is -5.04. The average molecular weight is 783 g/mol. The van der Waals surface area contributed by atoms with Gasteiger partial charge < -0.3 is 24.2 Å². The van der Waals surface area contributed by atoms with Crippen molar-refractivity contribution in [3.05, 3.63) is 71.4 Å². The zero-order valence-corrected chi connectivity index (χ0v) is 33.7. The van der Waals surface area contributed by atoms with Gasteiger partial charge in [-0.1, -0.05) is 30.3 Å². The Morgan fingerprint density at radius 2 is 1.60 bits per heavy atom. The zero-order valence-electron chi connectivity index (χ0n) is 33.7. The molecule has 1 aliphatic carbocycles. The van der Waals surface area contributed by atoms with Gasteiger partial charge in [-0.05, 0) is 127 Å². The molecular weight excluding hydrogens is 731 g/mol. The lowest BCUT2D eigenvalue weighted by atomic mass is 9.91. The van der Waals surface area contributed by atoms with Crippen LogP contribution in [0, 0.1) is 5.92 Å². The second-order valence-corrected chi connectivity index (χ2v) is 17.8. The van der Waals surface area contributed by atoms with Crippen LogP contribution in [-0.4, -0.2) is 78.9 Å². The Balaban J connectivity index is 1.06. The smallest absolute Gasteiger partial charge is 0.411 e. The van der Waals surface area contributed by atoms with Crippen molar-refractivity contribution >= 4 is 34.0 Å². The average Bonchev–Trinajstić information content (AvgIpc) is 3.97. The van der Waals surface area contributed by atoms with Crippen LogP contribution in [0.25, 0.3) is 44.2 Å². The fraction of sp³-hybridized carbons (Fsp3) is 0.500. The number of nitrogens with one attached hydrogen (secondary N) is 2. The van der Waals surface area contributed by atoms with Gasteiger partial charge in [0.2, 0.25) is 0 Å². The maximum atomic E-state index is 13.3. The normalized spacial score (nSPS) is 21.3. The lowest BCUT2D eigenvalue weighted by Crippen LogP contribution is -2.40. The summed E-state index contributed by atoms with van der Waals surface area (Å²) in [5, 5.41) is 2.13. The van der Waals surface area contributed by atoms with Gasteiger partial charge in [-0.25, -0.2) is 19.6 Å². The molecule has 2 aromatic heterocycles. The van der Waals surface area contributed by atoms with Gasteiger partial charge in [0.1, 0.15) is 22.9 Å². The van der Waals surface area contributed by atoms with Crippen molar-refractivity contribution in [3.8, 4) is 22.4 Å². The van der Waals surface area contributed by atoms with E-state index in [4.69, 9.17) is 19.4 Å². The summed E-state index contributed by atoms with van der Waals surface area (Å²) in [7, 11) is 0. The number of nitrogens with zero attached hydrogens (tertiary/aromatic N) is 4. The summed E-state index contributed by atoms with van der Waals surface area (Å²) in [5.74, 6) is 1.08. The van der Waals surface area contributed by atoms with Crippen molar-refractivity contribution in [2.75, 3.05) is 13.2 Å². The number of carbonyl (C=O) groups excluding carboxylic acids is 2. The SMILES string of the molecule is C[C@H]1CC[C@@H](c2nc3c(ccc4cc(-c5ccc(-c6cnc([C@@H]7C[C@H](COC(F)F)CN7C(=O)OC(C)(C)C)[nH]6)c6c5CCC6)ccc43)[nH]2)N1C(=O)OC(C)(C)C. The number of ether oxygens (including phenoxy) is 3. The van der Waals surface area contributed by atoms with E-state index in [1.807, 2.05) is 25.7 Å². The van der Waals surface area contributed by atoms with Crippen LogP contribution < -0.4 is 0 Å². The molecular formula is C44H52F2N6O5. The molecule has 13 heteroatoms. The summed E-state index contributed by atoms with van der Waals surface area (Å²) < 4.78 is 41.9. The summed E-state index contributed by atoms with van der Waals surface area (Å²) in [4.78, 5) is 46.7. The highest BCUT2D eigenvalue weighted by atomic mass is 19.3. The molecule has 0 spiro atoms. The van der Waals surface area contributed by atoms with Gasteiger partial charge in [-0.3, -0.25) is 9.80 Å². The summed E-state index contributed by atoms with van der Waals surface area (Å²) in [6, 6.07) is 14.5. The number of likely N-dealkylation sites (tertiary alicyclic amines) is 2. The molecule has 4 atom stereocenters. The van der Waals surface area contributed by atoms with Gasteiger partial charge >= 0.3 is 18.8 Å². The molecule has 0 saturated carbocycles. The number of aromatic nitrogens is 4. The van der Waals surface area contributed by atoms with Crippen molar-refractivity contribution in [2.24, 2.45) is 5.92 Å². The number of alkyl halides is 2. The van der Waals surface area contributed by atoms with Gasteiger partial charge in [0.25, 0.3) is 0 Å². The Labute approximate surface area is 331 Å². The molecule has 2 amide bonds. The quantitative estimate of drug-likeness (QED) is 0.168. The van der Waals surface area contributed by atoms with Crippen molar-refractivity contribution in [1.29, 1.82) is 0 Å². The minimum absolute atomic E-state index is 0.0535. The third kappa shape index (κ3) is 7.82. The number of carbonyl (C=O) groups is 2. The second-order valence-electron chi connectivity index (χ2n) is 17.8. The molecule has 3 aromatic carbocycles. The van der Waals surface area contributed by atoms with Crippen LogP contribution in [0.2, 0.25) is 0 Å². The van der Waals surface area contributed by atoms with Crippen LogP contribution in [0.4, 0.5) is 18.4 Å². The van der Waals surface area contributed by atoms with E-state index in [1.165, 1.54) is 16.7 Å². The number of aromatic amines is 2. The summed E-state index contributed by atoms with van der Waals surface area (Å²) in [6.07, 6.45) is 6.01. The van der Waals surface area contributed by atoms with Gasteiger partial charge in [0, 0.05) is 29.5 Å². The van der Waals surface area contributed by atoms with Gasteiger partial charge in [-0.2, -0.15) is 8.78 Å². The summed E-state index contributed by atoms with van der Waals surface area (Å²) >= 11 is 0. The van der Waals surface area contributed by atoms with Crippen molar-refractivity contribution in [3.63, 3.8) is 0 Å². The number of hydrogen-bond donors (Lipinski definition) is 2. The number of hydrogen-bond acceptors (Lipinski definition) is 7. The minimum atomic E-state index is -2.87. The summed E-state index contributed by atoms with van der Waals surface area (Å²) in [6.45, 7) is 10.3. The van der Waals surface area contributed by atoms with E-state index in [0.717, 1.165) is 76.6 Å². The highest BCUT2D eigenvalue weighted by Crippen LogP contribution is 2.42. The standard InChI is InChI=1S/C44H52F2N6O5/c1-24-11-18-35(52(24)42(54)57-44(5,6)7)39-48-33-17-13-27-20-26(12-14-29(27)37(33)50-39)28-15-16-32(31-10-8-9-30(28)31)34-21-47-38(49-34)36-19-25(23-55-40(45)46)22-51(36)41(53)56-43(2,3)4/h12-17,20-21,24-25,35-36,40H,8-11,18-19,22-23H2,1-7H3,(H,47,49)(H,48,50)/t24-,25-,35-,36-/m0/s1. The Morgan fingerprint density at radius 1 is 0.877 bits per heavy atom. The predicted molar refractivity (Wildman–Crippen MR) is 214 cm³/mol. The highest BCUT2D eigenvalue weighted by Gasteiger charge is 2.41. The molecule has 0 unspecified atom stereocenters. The van der Waals surface area contributed by atoms with E-state index < -0.39 is 29.9 Å². The first-order chi connectivity index (χ1) is 27.0. The number of halogens is 2. The first-order valence-electron chi connectivity index (χ1n) is 20.1. The molecule has 57 heavy (non-hydrogen) atoms. The van der Waals surface area contributed by atoms with E-state index in [0.29, 0.717) is 12.2 Å². The van der Waals surface area contributed by atoms with Crippen LogP contribution >= 0.6 is 0 Å². The molecule has 11 nitrogen and oxygen atoms in total. The number of rotatable bonds is 7. The number of benzene rings is 3. The molecule has 2 N–H and O–H groups in total. The van der Waals surface area contributed by atoms with Gasteiger partial charge in [0.15, 0.2) is 0 Å². The van der Waals surface area contributed by atoms with Crippen LogP contribution in [-0.2, 0) is 27.1 Å². The highest BCUT2D eigenvalue weighted by molar-refractivity contribution is 6.05. The van der Waals surface area contributed by atoms with Gasteiger partial charge in [-0.15, -0.1) is 0 Å². The fourth-order valence-electron chi connectivity index (χ4n) is 8.93. The molecule has 3 aliphatic rings. The molecule has 302 valence electrons. The lowest BCUT2D eigenvalue weighted by molar-refractivity contribution is -0.137. The molecule has 4 heterocycles. The Kier molecular flexibility index (Phi) is 10.0. The molecule has 0 radical (unpaired) electrons. The lowest BCUT2D eigenvalue weighted by Gasteiger charge is -2.30. The number of imidazole rings is 2. The molecule has 5 aromatic rings. The van der Waals surface area contributed by atoms with Gasteiger partial charge in [0.05, 0.1) is 41.6 Å². The maximum Gasteiger partial charge on any atom is 0.411 e. The number of H-pyrrole nitrogens is 2. The largest absolute Gasteiger partial charge is 0.444 e. The first kappa shape index (κ1) is 38.8. The third-order valence-electron chi connectivity index (χ3n) is 11.3. The van der Waals surface area contributed by atoms with E-state index in [9.17, 15) is 18.4 Å². The van der Waals surface area contributed by atoms with Crippen molar-refractivity contribution in [2.45, 2.75) is 123 Å².